The Bertz CT molecular complexity index is 460. The summed E-state index contributed by atoms with van der Waals surface area (Å²) in [6.07, 6.45) is -0.462. The molecule has 1 aliphatic rings. The van der Waals surface area contributed by atoms with Crippen LogP contribution in [0.2, 0.25) is 0 Å². The summed E-state index contributed by atoms with van der Waals surface area (Å²) < 4.78 is 10.6. The molecule has 0 bridgehead atoms. The van der Waals surface area contributed by atoms with E-state index in [0.29, 0.717) is 24.9 Å². The highest BCUT2D eigenvalue weighted by Crippen LogP contribution is 2.20. The fourth-order valence-corrected chi connectivity index (χ4v) is 1.82. The van der Waals surface area contributed by atoms with Gasteiger partial charge in [-0.3, -0.25) is 4.79 Å². The largest absolute Gasteiger partial charge is 0.366 e. The van der Waals surface area contributed by atoms with Crippen LogP contribution < -0.4 is 10.6 Å². The fraction of sp³-hybridized carbons (Fsp3) is 0.769. The Balaban J connectivity index is 1.95. The van der Waals surface area contributed by atoms with E-state index in [1.807, 2.05) is 27.7 Å². The Morgan fingerprint density at radius 1 is 1.50 bits per heavy atom. The molecule has 2 N–H and O–H groups in total. The SMILES string of the molecule is CC(NC(=O)C1CNCCO1)c1nc(C(C)(C)C)no1. The van der Waals surface area contributed by atoms with Crippen molar-refractivity contribution in [2.24, 2.45) is 0 Å². The Hall–Kier alpha value is -1.47. The molecule has 1 aromatic rings. The summed E-state index contributed by atoms with van der Waals surface area (Å²) in [7, 11) is 0. The quantitative estimate of drug-likeness (QED) is 0.840. The van der Waals surface area contributed by atoms with Gasteiger partial charge in [0.1, 0.15) is 12.1 Å². The molecular formula is C13H22N4O3. The van der Waals surface area contributed by atoms with E-state index in [9.17, 15) is 4.79 Å². The molecule has 20 heavy (non-hydrogen) atoms. The molecule has 1 amide bonds. The minimum Gasteiger partial charge on any atom is -0.366 e. The molecule has 7 nitrogen and oxygen atoms in total. The van der Waals surface area contributed by atoms with E-state index in [4.69, 9.17) is 9.26 Å². The predicted molar refractivity (Wildman–Crippen MR) is 72.2 cm³/mol. The van der Waals surface area contributed by atoms with Crippen molar-refractivity contribution in [3.63, 3.8) is 0 Å². The molecule has 0 saturated carbocycles. The van der Waals surface area contributed by atoms with Crippen molar-refractivity contribution in [3.8, 4) is 0 Å². The van der Waals surface area contributed by atoms with Crippen LogP contribution >= 0.6 is 0 Å². The van der Waals surface area contributed by atoms with Gasteiger partial charge in [0.15, 0.2) is 5.82 Å². The number of carbonyl (C=O) groups is 1. The van der Waals surface area contributed by atoms with Crippen LogP contribution in [-0.4, -0.2) is 41.8 Å². The summed E-state index contributed by atoms with van der Waals surface area (Å²) in [6.45, 7) is 9.67. The lowest BCUT2D eigenvalue weighted by Gasteiger charge is -2.23. The number of hydrogen-bond donors (Lipinski definition) is 2. The van der Waals surface area contributed by atoms with Gasteiger partial charge in [0, 0.05) is 18.5 Å². The van der Waals surface area contributed by atoms with Crippen molar-refractivity contribution in [2.75, 3.05) is 19.7 Å². The first-order valence-electron chi connectivity index (χ1n) is 6.84. The summed E-state index contributed by atoms with van der Waals surface area (Å²) in [5, 5.41) is 9.89. The van der Waals surface area contributed by atoms with Crippen LogP contribution in [0.5, 0.6) is 0 Å². The Morgan fingerprint density at radius 3 is 2.80 bits per heavy atom. The van der Waals surface area contributed by atoms with Gasteiger partial charge in [0.05, 0.1) is 6.61 Å². The third-order valence-electron chi connectivity index (χ3n) is 3.06. The number of rotatable bonds is 3. The number of amides is 1. The van der Waals surface area contributed by atoms with Crippen LogP contribution in [0.1, 0.15) is 45.5 Å². The van der Waals surface area contributed by atoms with Crippen molar-refractivity contribution in [1.82, 2.24) is 20.8 Å². The Kier molecular flexibility index (Phi) is 4.39. The van der Waals surface area contributed by atoms with Gasteiger partial charge in [-0.15, -0.1) is 0 Å². The van der Waals surface area contributed by atoms with E-state index in [0.717, 1.165) is 6.54 Å². The molecule has 7 heteroatoms. The van der Waals surface area contributed by atoms with Crippen molar-refractivity contribution < 1.29 is 14.1 Å². The average molecular weight is 282 g/mol. The zero-order valence-corrected chi connectivity index (χ0v) is 12.4. The number of nitrogens with one attached hydrogen (secondary N) is 2. The number of ether oxygens (including phenoxy) is 1. The number of morpholine rings is 1. The molecule has 0 aliphatic carbocycles. The van der Waals surface area contributed by atoms with Gasteiger partial charge < -0.3 is 19.9 Å². The molecule has 1 aliphatic heterocycles. The second-order valence-corrected chi connectivity index (χ2v) is 6.00. The first kappa shape index (κ1) is 14.9. The highest BCUT2D eigenvalue weighted by molar-refractivity contribution is 5.81. The summed E-state index contributed by atoms with van der Waals surface area (Å²) in [5.74, 6) is 0.872. The monoisotopic (exact) mass is 282 g/mol. The number of nitrogens with zero attached hydrogens (tertiary/aromatic N) is 2. The second kappa shape index (κ2) is 5.88. The number of carbonyl (C=O) groups excluding carboxylic acids is 1. The van der Waals surface area contributed by atoms with Gasteiger partial charge in [-0.2, -0.15) is 4.98 Å². The Morgan fingerprint density at radius 2 is 2.25 bits per heavy atom. The third kappa shape index (κ3) is 3.55. The summed E-state index contributed by atoms with van der Waals surface area (Å²) in [6, 6.07) is -0.336. The van der Waals surface area contributed by atoms with Crippen LogP contribution in [0.4, 0.5) is 0 Å². The maximum absolute atomic E-state index is 12.0. The molecular weight excluding hydrogens is 260 g/mol. The third-order valence-corrected chi connectivity index (χ3v) is 3.06. The molecule has 0 spiro atoms. The smallest absolute Gasteiger partial charge is 0.251 e. The lowest BCUT2D eigenvalue weighted by atomic mass is 9.96. The highest BCUT2D eigenvalue weighted by Gasteiger charge is 2.27. The molecule has 0 aromatic carbocycles. The van der Waals surface area contributed by atoms with Crippen LogP contribution in [0.15, 0.2) is 4.52 Å². The van der Waals surface area contributed by atoms with Crippen molar-refractivity contribution in [1.29, 1.82) is 0 Å². The lowest BCUT2D eigenvalue weighted by molar-refractivity contribution is -0.135. The van der Waals surface area contributed by atoms with Crippen LogP contribution in [0.25, 0.3) is 0 Å². The van der Waals surface area contributed by atoms with Gasteiger partial charge in [-0.05, 0) is 6.92 Å². The van der Waals surface area contributed by atoms with E-state index in [1.165, 1.54) is 0 Å². The summed E-state index contributed by atoms with van der Waals surface area (Å²) in [5.41, 5.74) is -0.179. The molecule has 2 heterocycles. The fourth-order valence-electron chi connectivity index (χ4n) is 1.82. The molecule has 0 radical (unpaired) electrons. The highest BCUT2D eigenvalue weighted by atomic mass is 16.5. The molecule has 112 valence electrons. The zero-order valence-electron chi connectivity index (χ0n) is 12.4. The average Bonchev–Trinajstić information content (AvgIpc) is 2.89. The summed E-state index contributed by atoms with van der Waals surface area (Å²) >= 11 is 0. The molecule has 2 rings (SSSR count). The van der Waals surface area contributed by atoms with Crippen LogP contribution in [0, 0.1) is 0 Å². The first-order valence-corrected chi connectivity index (χ1v) is 6.84. The number of hydrogen-bond acceptors (Lipinski definition) is 6. The maximum Gasteiger partial charge on any atom is 0.251 e. The molecule has 1 aromatic heterocycles. The summed E-state index contributed by atoms with van der Waals surface area (Å²) in [4.78, 5) is 16.4. The van der Waals surface area contributed by atoms with Crippen molar-refractivity contribution >= 4 is 5.91 Å². The molecule has 1 fully saturated rings. The van der Waals surface area contributed by atoms with Crippen molar-refractivity contribution in [3.05, 3.63) is 11.7 Å². The lowest BCUT2D eigenvalue weighted by Crippen LogP contribution is -2.48. The Labute approximate surface area is 118 Å². The van der Waals surface area contributed by atoms with E-state index >= 15 is 0 Å². The minimum absolute atomic E-state index is 0.166. The number of aromatic nitrogens is 2. The predicted octanol–water partition coefficient (Wildman–Crippen LogP) is 0.533. The zero-order chi connectivity index (χ0) is 14.8. The minimum atomic E-state index is -0.462. The normalized spacial score (nSPS) is 21.5. The van der Waals surface area contributed by atoms with Gasteiger partial charge >= 0.3 is 0 Å². The first-order chi connectivity index (χ1) is 9.38. The van der Waals surface area contributed by atoms with Crippen molar-refractivity contribution in [2.45, 2.75) is 45.3 Å². The van der Waals surface area contributed by atoms with Crippen LogP contribution in [0.3, 0.4) is 0 Å². The second-order valence-electron chi connectivity index (χ2n) is 6.00. The molecule has 2 unspecified atom stereocenters. The van der Waals surface area contributed by atoms with Gasteiger partial charge in [0.25, 0.3) is 5.91 Å². The van der Waals surface area contributed by atoms with E-state index in [-0.39, 0.29) is 17.4 Å². The van der Waals surface area contributed by atoms with Gasteiger partial charge in [0.2, 0.25) is 5.89 Å². The van der Waals surface area contributed by atoms with Crippen LogP contribution in [-0.2, 0) is 14.9 Å². The van der Waals surface area contributed by atoms with Gasteiger partial charge in [-0.25, -0.2) is 0 Å². The standard InChI is InChI=1S/C13H22N4O3/c1-8(11-16-12(17-20-11)13(2,3)4)15-10(18)9-7-14-5-6-19-9/h8-9,14H,5-7H2,1-4H3,(H,15,18). The topological polar surface area (TPSA) is 89.3 Å². The van der Waals surface area contributed by atoms with E-state index < -0.39 is 6.10 Å². The van der Waals surface area contributed by atoms with E-state index in [2.05, 4.69) is 20.8 Å². The molecule has 2 atom stereocenters. The van der Waals surface area contributed by atoms with Gasteiger partial charge in [-0.1, -0.05) is 25.9 Å². The maximum atomic E-state index is 12.0. The van der Waals surface area contributed by atoms with E-state index in [1.54, 1.807) is 0 Å². The molecule has 1 saturated heterocycles.